The van der Waals surface area contributed by atoms with Gasteiger partial charge in [0.05, 0.1) is 5.69 Å². The number of unbranched alkanes of at least 4 members (excludes halogenated alkanes) is 2. The van der Waals surface area contributed by atoms with Crippen LogP contribution in [-0.2, 0) is 6.54 Å². The van der Waals surface area contributed by atoms with Crippen LogP contribution in [0.5, 0.6) is 0 Å². The van der Waals surface area contributed by atoms with Gasteiger partial charge in [0.1, 0.15) is 5.82 Å². The van der Waals surface area contributed by atoms with Gasteiger partial charge in [-0.05, 0) is 38.0 Å². The third-order valence-corrected chi connectivity index (χ3v) is 3.18. The van der Waals surface area contributed by atoms with E-state index >= 15 is 0 Å². The normalized spacial score (nSPS) is 11.0. The number of halogens is 1. The maximum absolute atomic E-state index is 14.1. The summed E-state index contributed by atoms with van der Waals surface area (Å²) in [6.45, 7) is 7.67. The van der Waals surface area contributed by atoms with Crippen LogP contribution in [0.1, 0.15) is 45.6 Å². The molecule has 0 saturated heterocycles. The molecule has 0 amide bonds. The minimum Gasteiger partial charge on any atom is -0.367 e. The molecular formula is C15H25FN2. The molecule has 0 aliphatic carbocycles. The topological polar surface area (TPSA) is 29.3 Å². The molecule has 102 valence electrons. The molecule has 2 N–H and O–H groups in total. The first-order valence-corrected chi connectivity index (χ1v) is 6.85. The highest BCUT2D eigenvalue weighted by molar-refractivity contribution is 5.49. The largest absolute Gasteiger partial charge is 0.367 e. The predicted molar refractivity (Wildman–Crippen MR) is 76.3 cm³/mol. The molecule has 0 bridgehead atoms. The van der Waals surface area contributed by atoms with Crippen molar-refractivity contribution >= 4 is 5.69 Å². The fourth-order valence-corrected chi connectivity index (χ4v) is 2.10. The van der Waals surface area contributed by atoms with Gasteiger partial charge < -0.3 is 10.6 Å². The molecule has 0 fully saturated rings. The van der Waals surface area contributed by atoms with Gasteiger partial charge in [0.2, 0.25) is 0 Å². The fraction of sp³-hybridized carbons (Fsp3) is 0.600. The van der Waals surface area contributed by atoms with Crippen LogP contribution >= 0.6 is 0 Å². The van der Waals surface area contributed by atoms with E-state index in [4.69, 9.17) is 5.73 Å². The molecule has 0 radical (unpaired) electrons. The molecule has 0 aliphatic rings. The second kappa shape index (κ2) is 7.37. The van der Waals surface area contributed by atoms with Crippen molar-refractivity contribution in [2.45, 2.75) is 52.6 Å². The van der Waals surface area contributed by atoms with Gasteiger partial charge in [-0.1, -0.05) is 25.8 Å². The first-order valence-electron chi connectivity index (χ1n) is 6.85. The number of rotatable bonds is 7. The van der Waals surface area contributed by atoms with E-state index in [0.29, 0.717) is 18.3 Å². The van der Waals surface area contributed by atoms with Gasteiger partial charge in [0.25, 0.3) is 0 Å². The van der Waals surface area contributed by atoms with Crippen LogP contribution in [0.3, 0.4) is 0 Å². The highest BCUT2D eigenvalue weighted by Crippen LogP contribution is 2.23. The van der Waals surface area contributed by atoms with E-state index in [0.717, 1.165) is 18.5 Å². The number of nitrogens with zero attached hydrogens (tertiary/aromatic N) is 1. The lowest BCUT2D eigenvalue weighted by Crippen LogP contribution is -2.32. The van der Waals surface area contributed by atoms with Crippen LogP contribution in [-0.4, -0.2) is 12.6 Å². The molecule has 0 aliphatic heterocycles. The lowest BCUT2D eigenvalue weighted by molar-refractivity contribution is 0.582. The van der Waals surface area contributed by atoms with Crippen molar-refractivity contribution in [3.63, 3.8) is 0 Å². The quantitative estimate of drug-likeness (QED) is 0.750. The standard InChI is InChI=1S/C15H25FN2/c1-4-5-6-9-18(12(2)3)15-8-7-13(11-17)10-14(15)16/h7-8,10,12H,4-6,9,11,17H2,1-3H3. The molecule has 1 rings (SSSR count). The average molecular weight is 252 g/mol. The van der Waals surface area contributed by atoms with E-state index in [9.17, 15) is 4.39 Å². The molecule has 1 aromatic rings. The summed E-state index contributed by atoms with van der Waals surface area (Å²) in [6, 6.07) is 5.61. The van der Waals surface area contributed by atoms with Crippen LogP contribution in [0.2, 0.25) is 0 Å². The van der Waals surface area contributed by atoms with Crippen molar-refractivity contribution in [2.75, 3.05) is 11.4 Å². The van der Waals surface area contributed by atoms with Gasteiger partial charge in [0.15, 0.2) is 0 Å². The predicted octanol–water partition coefficient (Wildman–Crippen LogP) is 3.69. The maximum Gasteiger partial charge on any atom is 0.146 e. The number of hydrogen-bond acceptors (Lipinski definition) is 2. The molecule has 0 aromatic heterocycles. The summed E-state index contributed by atoms with van der Waals surface area (Å²) in [5, 5.41) is 0. The Morgan fingerprint density at radius 1 is 1.28 bits per heavy atom. The third-order valence-electron chi connectivity index (χ3n) is 3.18. The second-order valence-electron chi connectivity index (χ2n) is 4.98. The Labute approximate surface area is 110 Å². The Balaban J connectivity index is 2.84. The van der Waals surface area contributed by atoms with E-state index < -0.39 is 0 Å². The summed E-state index contributed by atoms with van der Waals surface area (Å²) >= 11 is 0. The van der Waals surface area contributed by atoms with Crippen molar-refractivity contribution in [1.29, 1.82) is 0 Å². The van der Waals surface area contributed by atoms with Gasteiger partial charge in [-0.2, -0.15) is 0 Å². The van der Waals surface area contributed by atoms with Gasteiger partial charge >= 0.3 is 0 Å². The zero-order valence-electron chi connectivity index (χ0n) is 11.7. The van der Waals surface area contributed by atoms with Crippen molar-refractivity contribution in [2.24, 2.45) is 5.73 Å². The Kier molecular flexibility index (Phi) is 6.13. The Morgan fingerprint density at radius 2 is 2.00 bits per heavy atom. The molecule has 1 aromatic carbocycles. The molecule has 0 heterocycles. The monoisotopic (exact) mass is 252 g/mol. The van der Waals surface area contributed by atoms with Crippen LogP contribution in [0, 0.1) is 5.82 Å². The number of nitrogens with two attached hydrogens (primary N) is 1. The minimum absolute atomic E-state index is 0.164. The van der Waals surface area contributed by atoms with Crippen LogP contribution < -0.4 is 10.6 Å². The van der Waals surface area contributed by atoms with E-state index in [1.54, 1.807) is 6.07 Å². The highest BCUT2D eigenvalue weighted by Gasteiger charge is 2.14. The minimum atomic E-state index is -0.164. The maximum atomic E-state index is 14.1. The Bertz CT molecular complexity index is 364. The molecule has 0 unspecified atom stereocenters. The van der Waals surface area contributed by atoms with E-state index in [2.05, 4.69) is 25.7 Å². The Morgan fingerprint density at radius 3 is 2.50 bits per heavy atom. The van der Waals surface area contributed by atoms with Crippen molar-refractivity contribution in [3.8, 4) is 0 Å². The summed E-state index contributed by atoms with van der Waals surface area (Å²) in [4.78, 5) is 2.13. The second-order valence-corrected chi connectivity index (χ2v) is 4.98. The SMILES string of the molecule is CCCCCN(c1ccc(CN)cc1F)C(C)C. The smallest absolute Gasteiger partial charge is 0.146 e. The molecule has 0 atom stereocenters. The summed E-state index contributed by atoms with van der Waals surface area (Å²) in [5.74, 6) is -0.164. The lowest BCUT2D eigenvalue weighted by Gasteiger charge is -2.29. The first-order chi connectivity index (χ1) is 8.60. The van der Waals surface area contributed by atoms with Crippen LogP contribution in [0.4, 0.5) is 10.1 Å². The fourth-order valence-electron chi connectivity index (χ4n) is 2.10. The van der Waals surface area contributed by atoms with Crippen molar-refractivity contribution in [3.05, 3.63) is 29.6 Å². The molecule has 2 nitrogen and oxygen atoms in total. The molecule has 0 spiro atoms. The van der Waals surface area contributed by atoms with Gasteiger partial charge in [-0.15, -0.1) is 0 Å². The van der Waals surface area contributed by atoms with Crippen LogP contribution in [0.15, 0.2) is 18.2 Å². The molecule has 18 heavy (non-hydrogen) atoms. The van der Waals surface area contributed by atoms with E-state index in [-0.39, 0.29) is 5.82 Å². The van der Waals surface area contributed by atoms with Gasteiger partial charge in [0, 0.05) is 19.1 Å². The van der Waals surface area contributed by atoms with Crippen molar-refractivity contribution < 1.29 is 4.39 Å². The third kappa shape index (κ3) is 3.98. The number of benzene rings is 1. The zero-order valence-corrected chi connectivity index (χ0v) is 11.7. The zero-order chi connectivity index (χ0) is 13.5. The van der Waals surface area contributed by atoms with E-state index in [1.165, 1.54) is 12.8 Å². The Hall–Kier alpha value is -1.09. The summed E-state index contributed by atoms with van der Waals surface area (Å²) in [7, 11) is 0. The van der Waals surface area contributed by atoms with E-state index in [1.807, 2.05) is 12.1 Å². The summed E-state index contributed by atoms with van der Waals surface area (Å²) in [5.41, 5.74) is 7.06. The summed E-state index contributed by atoms with van der Waals surface area (Å²) < 4.78 is 14.1. The van der Waals surface area contributed by atoms with Crippen molar-refractivity contribution in [1.82, 2.24) is 0 Å². The lowest BCUT2D eigenvalue weighted by atomic mass is 10.1. The number of hydrogen-bond donors (Lipinski definition) is 1. The number of anilines is 1. The first kappa shape index (κ1) is 15.0. The molecular weight excluding hydrogens is 227 g/mol. The van der Waals surface area contributed by atoms with Crippen LogP contribution in [0.25, 0.3) is 0 Å². The average Bonchev–Trinajstić information content (AvgIpc) is 2.35. The molecule has 3 heteroatoms. The molecule has 0 saturated carbocycles. The highest BCUT2D eigenvalue weighted by atomic mass is 19.1. The summed E-state index contributed by atoms with van der Waals surface area (Å²) in [6.07, 6.45) is 3.47. The van der Waals surface area contributed by atoms with Gasteiger partial charge in [-0.25, -0.2) is 4.39 Å². The van der Waals surface area contributed by atoms with Gasteiger partial charge in [-0.3, -0.25) is 0 Å².